The highest BCUT2D eigenvalue weighted by molar-refractivity contribution is 6.32. The van der Waals surface area contributed by atoms with Crippen molar-refractivity contribution < 1.29 is 9.53 Å². The molecule has 1 amide bonds. The number of nitrogens with one attached hydrogen (secondary N) is 1. The highest BCUT2D eigenvalue weighted by atomic mass is 35.5. The van der Waals surface area contributed by atoms with Gasteiger partial charge in [0.05, 0.1) is 12.1 Å². The van der Waals surface area contributed by atoms with Crippen molar-refractivity contribution in [1.82, 2.24) is 4.98 Å². The number of aromatic nitrogens is 1. The smallest absolute Gasteiger partial charge is 0.255 e. The number of nitrogens with two attached hydrogens (primary N) is 1. The SMILES string of the molecule is COc1cc(NC(=O)c2cc(N)nc(Cl)c2)ccc1Cl. The normalized spacial score (nSPS) is 10.2. The number of rotatable bonds is 3. The van der Waals surface area contributed by atoms with Gasteiger partial charge in [0.2, 0.25) is 0 Å². The van der Waals surface area contributed by atoms with Crippen LogP contribution in [0.15, 0.2) is 30.3 Å². The molecule has 0 aliphatic heterocycles. The molecule has 1 heterocycles. The van der Waals surface area contributed by atoms with Crippen LogP contribution in [0.4, 0.5) is 11.5 Å². The molecule has 0 radical (unpaired) electrons. The molecule has 5 nitrogen and oxygen atoms in total. The maximum absolute atomic E-state index is 12.1. The first-order valence-electron chi connectivity index (χ1n) is 5.57. The van der Waals surface area contributed by atoms with Crippen LogP contribution >= 0.6 is 23.2 Å². The summed E-state index contributed by atoms with van der Waals surface area (Å²) in [7, 11) is 1.50. The van der Waals surface area contributed by atoms with Gasteiger partial charge in [-0.05, 0) is 24.3 Å². The van der Waals surface area contributed by atoms with E-state index in [-0.39, 0.29) is 16.9 Å². The van der Waals surface area contributed by atoms with Crippen LogP contribution in [0.25, 0.3) is 0 Å². The molecule has 0 bridgehead atoms. The standard InChI is InChI=1S/C13H11Cl2N3O2/c1-20-10-6-8(2-3-9(10)14)17-13(19)7-4-11(15)18-12(16)5-7/h2-6H,1H3,(H2,16,18)(H,17,19). The van der Waals surface area contributed by atoms with Crippen LogP contribution < -0.4 is 15.8 Å². The summed E-state index contributed by atoms with van der Waals surface area (Å²) in [5, 5.41) is 3.31. The van der Waals surface area contributed by atoms with E-state index in [2.05, 4.69) is 10.3 Å². The van der Waals surface area contributed by atoms with Crippen molar-refractivity contribution in [1.29, 1.82) is 0 Å². The Kier molecular flexibility index (Phi) is 4.32. The van der Waals surface area contributed by atoms with Crippen molar-refractivity contribution in [3.63, 3.8) is 0 Å². The van der Waals surface area contributed by atoms with E-state index in [9.17, 15) is 4.79 Å². The summed E-state index contributed by atoms with van der Waals surface area (Å²) in [6.45, 7) is 0. The molecule has 0 saturated heterocycles. The molecule has 104 valence electrons. The number of anilines is 2. The van der Waals surface area contributed by atoms with Crippen LogP contribution in [0, 0.1) is 0 Å². The fourth-order valence-electron chi connectivity index (χ4n) is 1.59. The van der Waals surface area contributed by atoms with Gasteiger partial charge in [-0.2, -0.15) is 0 Å². The van der Waals surface area contributed by atoms with Crippen molar-refractivity contribution in [2.45, 2.75) is 0 Å². The molecular weight excluding hydrogens is 301 g/mol. The number of hydrogen-bond donors (Lipinski definition) is 2. The number of hydrogen-bond acceptors (Lipinski definition) is 4. The van der Waals surface area contributed by atoms with E-state index in [0.29, 0.717) is 22.0 Å². The van der Waals surface area contributed by atoms with E-state index in [1.807, 2.05) is 0 Å². The Morgan fingerprint density at radius 3 is 2.70 bits per heavy atom. The van der Waals surface area contributed by atoms with Crippen molar-refractivity contribution >= 4 is 40.6 Å². The third-order valence-corrected chi connectivity index (χ3v) is 2.99. The molecule has 0 spiro atoms. The number of nitrogens with zero attached hydrogens (tertiary/aromatic N) is 1. The lowest BCUT2D eigenvalue weighted by Gasteiger charge is -2.09. The maximum atomic E-state index is 12.1. The van der Waals surface area contributed by atoms with E-state index >= 15 is 0 Å². The molecule has 0 aliphatic carbocycles. The number of amides is 1. The van der Waals surface area contributed by atoms with Crippen molar-refractivity contribution in [3.8, 4) is 5.75 Å². The number of benzene rings is 1. The Hall–Kier alpha value is -1.98. The van der Waals surface area contributed by atoms with E-state index in [1.54, 1.807) is 18.2 Å². The van der Waals surface area contributed by atoms with E-state index in [1.165, 1.54) is 19.2 Å². The number of carbonyl (C=O) groups is 1. The molecule has 2 rings (SSSR count). The number of ether oxygens (including phenoxy) is 1. The third-order valence-electron chi connectivity index (χ3n) is 2.49. The fraction of sp³-hybridized carbons (Fsp3) is 0.0769. The summed E-state index contributed by atoms with van der Waals surface area (Å²) in [6.07, 6.45) is 0. The third kappa shape index (κ3) is 3.31. The molecule has 0 atom stereocenters. The molecule has 1 aromatic carbocycles. The van der Waals surface area contributed by atoms with Gasteiger partial charge in [-0.3, -0.25) is 4.79 Å². The monoisotopic (exact) mass is 311 g/mol. The van der Waals surface area contributed by atoms with Crippen LogP contribution in [0.5, 0.6) is 5.75 Å². The minimum atomic E-state index is -0.356. The molecule has 20 heavy (non-hydrogen) atoms. The van der Waals surface area contributed by atoms with Gasteiger partial charge in [-0.1, -0.05) is 23.2 Å². The molecule has 0 saturated carbocycles. The van der Waals surface area contributed by atoms with E-state index in [4.69, 9.17) is 33.7 Å². The molecule has 0 aliphatic rings. The lowest BCUT2D eigenvalue weighted by molar-refractivity contribution is 0.102. The number of nitrogen functional groups attached to an aromatic ring is 1. The van der Waals surface area contributed by atoms with Crippen LogP contribution in [0.1, 0.15) is 10.4 Å². The van der Waals surface area contributed by atoms with Crippen LogP contribution in [-0.4, -0.2) is 18.0 Å². The van der Waals surface area contributed by atoms with Gasteiger partial charge in [0.15, 0.2) is 0 Å². The zero-order valence-electron chi connectivity index (χ0n) is 10.5. The number of methoxy groups -OCH3 is 1. The summed E-state index contributed by atoms with van der Waals surface area (Å²) in [5.74, 6) is 0.290. The van der Waals surface area contributed by atoms with Crippen molar-refractivity contribution in [2.24, 2.45) is 0 Å². The average molecular weight is 312 g/mol. The quantitative estimate of drug-likeness (QED) is 0.853. The van der Waals surface area contributed by atoms with Gasteiger partial charge < -0.3 is 15.8 Å². The predicted octanol–water partition coefficient (Wildman–Crippen LogP) is 3.23. The summed E-state index contributed by atoms with van der Waals surface area (Å²) >= 11 is 11.7. The first kappa shape index (κ1) is 14.4. The summed E-state index contributed by atoms with van der Waals surface area (Å²) < 4.78 is 5.08. The molecule has 1 aromatic heterocycles. The Balaban J connectivity index is 2.23. The zero-order chi connectivity index (χ0) is 14.7. The van der Waals surface area contributed by atoms with Crippen LogP contribution in [0.3, 0.4) is 0 Å². The Bertz CT molecular complexity index is 642. The molecule has 3 N–H and O–H groups in total. The Morgan fingerprint density at radius 1 is 1.30 bits per heavy atom. The van der Waals surface area contributed by atoms with Gasteiger partial charge >= 0.3 is 0 Å². The lowest BCUT2D eigenvalue weighted by Crippen LogP contribution is -2.12. The minimum absolute atomic E-state index is 0.156. The first-order valence-corrected chi connectivity index (χ1v) is 6.33. The Labute approximate surface area is 125 Å². The second-order valence-electron chi connectivity index (χ2n) is 3.91. The summed E-state index contributed by atoms with van der Waals surface area (Å²) in [5.41, 5.74) is 6.40. The number of carbonyl (C=O) groups excluding carboxylic acids is 1. The van der Waals surface area contributed by atoms with Gasteiger partial charge in [-0.25, -0.2) is 4.98 Å². The Morgan fingerprint density at radius 2 is 2.05 bits per heavy atom. The van der Waals surface area contributed by atoms with E-state index in [0.717, 1.165) is 0 Å². The van der Waals surface area contributed by atoms with Gasteiger partial charge in [-0.15, -0.1) is 0 Å². The van der Waals surface area contributed by atoms with E-state index < -0.39 is 0 Å². The van der Waals surface area contributed by atoms with Gasteiger partial charge in [0.25, 0.3) is 5.91 Å². The second kappa shape index (κ2) is 5.98. The highest BCUT2D eigenvalue weighted by Crippen LogP contribution is 2.27. The molecule has 0 fully saturated rings. The molecular formula is C13H11Cl2N3O2. The maximum Gasteiger partial charge on any atom is 0.255 e. The summed E-state index contributed by atoms with van der Waals surface area (Å²) in [4.78, 5) is 15.9. The van der Waals surface area contributed by atoms with Crippen LogP contribution in [-0.2, 0) is 0 Å². The number of pyridine rings is 1. The summed E-state index contributed by atoms with van der Waals surface area (Å²) in [6, 6.07) is 7.78. The second-order valence-corrected chi connectivity index (χ2v) is 4.70. The van der Waals surface area contributed by atoms with Crippen molar-refractivity contribution in [3.05, 3.63) is 46.1 Å². The van der Waals surface area contributed by atoms with Crippen LogP contribution in [0.2, 0.25) is 10.2 Å². The largest absolute Gasteiger partial charge is 0.495 e. The van der Waals surface area contributed by atoms with Gasteiger partial charge in [0, 0.05) is 17.3 Å². The zero-order valence-corrected chi connectivity index (χ0v) is 12.0. The predicted molar refractivity (Wildman–Crippen MR) is 79.6 cm³/mol. The number of halogens is 2. The van der Waals surface area contributed by atoms with Crippen molar-refractivity contribution in [2.75, 3.05) is 18.2 Å². The fourth-order valence-corrected chi connectivity index (χ4v) is 2.00. The topological polar surface area (TPSA) is 77.2 Å². The first-order chi connectivity index (χ1) is 9.49. The van der Waals surface area contributed by atoms with Gasteiger partial charge in [0.1, 0.15) is 16.7 Å². The average Bonchev–Trinajstić information content (AvgIpc) is 2.39. The molecule has 7 heteroatoms. The molecule has 2 aromatic rings. The minimum Gasteiger partial charge on any atom is -0.495 e. The lowest BCUT2D eigenvalue weighted by atomic mass is 10.2. The highest BCUT2D eigenvalue weighted by Gasteiger charge is 2.10. The molecule has 0 unspecified atom stereocenters.